The van der Waals surface area contributed by atoms with Crippen LogP contribution in [0.2, 0.25) is 0 Å². The average molecular weight is 416 g/mol. The first kappa shape index (κ1) is 22.0. The van der Waals surface area contributed by atoms with Gasteiger partial charge in [-0.25, -0.2) is 12.8 Å². The smallest absolute Gasteiger partial charge is 0.243 e. The zero-order chi connectivity index (χ0) is 19.9. The number of hydrogen-bond donors (Lipinski definition) is 1. The van der Waals surface area contributed by atoms with Crippen molar-refractivity contribution in [1.29, 1.82) is 0 Å². The highest BCUT2D eigenvalue weighted by molar-refractivity contribution is 7.89. The SMILES string of the molecule is CCCC[C@@H](CC)CNC(=S)N1CCN(S(=O)(=O)c2ccc(F)cc2)CC1. The lowest BCUT2D eigenvalue weighted by Crippen LogP contribution is -2.53. The lowest BCUT2D eigenvalue weighted by atomic mass is 9.99. The molecule has 1 atom stereocenters. The van der Waals surface area contributed by atoms with Crippen LogP contribution in [0, 0.1) is 11.7 Å². The number of nitrogens with zero attached hydrogens (tertiary/aromatic N) is 2. The monoisotopic (exact) mass is 415 g/mol. The molecule has 152 valence electrons. The van der Waals surface area contributed by atoms with Gasteiger partial charge in [0.05, 0.1) is 4.90 Å². The predicted octanol–water partition coefficient (Wildman–Crippen LogP) is 3.22. The van der Waals surface area contributed by atoms with E-state index in [0.717, 1.165) is 13.0 Å². The van der Waals surface area contributed by atoms with E-state index in [1.165, 1.54) is 47.8 Å². The zero-order valence-corrected chi connectivity index (χ0v) is 17.8. The summed E-state index contributed by atoms with van der Waals surface area (Å²) in [5.41, 5.74) is 0. The first-order valence-corrected chi connectivity index (χ1v) is 11.5. The molecule has 5 nitrogen and oxygen atoms in total. The Kier molecular flexibility index (Phi) is 8.44. The Balaban J connectivity index is 1.85. The zero-order valence-electron chi connectivity index (χ0n) is 16.2. The second-order valence-corrected chi connectivity index (χ2v) is 9.27. The van der Waals surface area contributed by atoms with E-state index >= 15 is 0 Å². The van der Waals surface area contributed by atoms with Crippen LogP contribution in [-0.2, 0) is 10.0 Å². The molecule has 0 bridgehead atoms. The number of benzene rings is 1. The fraction of sp³-hybridized carbons (Fsp3) is 0.632. The van der Waals surface area contributed by atoms with Crippen LogP contribution >= 0.6 is 12.2 Å². The van der Waals surface area contributed by atoms with Crippen LogP contribution < -0.4 is 5.32 Å². The number of nitrogens with one attached hydrogen (secondary N) is 1. The summed E-state index contributed by atoms with van der Waals surface area (Å²) in [7, 11) is -3.59. The molecular formula is C19H30FN3O2S2. The van der Waals surface area contributed by atoms with Gasteiger partial charge in [0.2, 0.25) is 10.0 Å². The average Bonchev–Trinajstić information content (AvgIpc) is 2.68. The Morgan fingerprint density at radius 3 is 2.37 bits per heavy atom. The number of thiocarbonyl (C=S) groups is 1. The number of piperazine rings is 1. The molecule has 1 aliphatic rings. The van der Waals surface area contributed by atoms with Gasteiger partial charge in [-0.05, 0) is 48.8 Å². The Morgan fingerprint density at radius 1 is 1.19 bits per heavy atom. The molecule has 1 fully saturated rings. The molecule has 1 N–H and O–H groups in total. The van der Waals surface area contributed by atoms with Gasteiger partial charge in [-0.2, -0.15) is 4.31 Å². The summed E-state index contributed by atoms with van der Waals surface area (Å²) >= 11 is 5.50. The maximum Gasteiger partial charge on any atom is 0.243 e. The van der Waals surface area contributed by atoms with Crippen molar-refractivity contribution >= 4 is 27.4 Å². The predicted molar refractivity (Wildman–Crippen MR) is 111 cm³/mol. The maximum atomic E-state index is 13.0. The fourth-order valence-electron chi connectivity index (χ4n) is 3.17. The summed E-state index contributed by atoms with van der Waals surface area (Å²) in [5, 5.41) is 4.05. The lowest BCUT2D eigenvalue weighted by molar-refractivity contribution is 0.262. The largest absolute Gasteiger partial charge is 0.362 e. The van der Waals surface area contributed by atoms with Gasteiger partial charge in [-0.15, -0.1) is 0 Å². The Bertz CT molecular complexity index is 702. The second kappa shape index (κ2) is 10.3. The third-order valence-electron chi connectivity index (χ3n) is 5.06. The van der Waals surface area contributed by atoms with E-state index in [2.05, 4.69) is 19.2 Å². The molecule has 1 saturated heterocycles. The summed E-state index contributed by atoms with van der Waals surface area (Å²) in [6, 6.07) is 4.96. The van der Waals surface area contributed by atoms with Crippen molar-refractivity contribution in [3.05, 3.63) is 30.1 Å². The summed E-state index contributed by atoms with van der Waals surface area (Å²) in [6.07, 6.45) is 4.75. The quantitative estimate of drug-likeness (QED) is 0.661. The van der Waals surface area contributed by atoms with Crippen molar-refractivity contribution in [1.82, 2.24) is 14.5 Å². The van der Waals surface area contributed by atoms with Crippen LogP contribution in [0.4, 0.5) is 4.39 Å². The first-order valence-electron chi connectivity index (χ1n) is 9.67. The fourth-order valence-corrected chi connectivity index (χ4v) is 4.86. The number of rotatable bonds is 8. The van der Waals surface area contributed by atoms with E-state index in [1.54, 1.807) is 0 Å². The molecule has 0 radical (unpaired) electrons. The Labute approximate surface area is 168 Å². The molecule has 1 aliphatic heterocycles. The van der Waals surface area contributed by atoms with E-state index in [0.29, 0.717) is 37.2 Å². The van der Waals surface area contributed by atoms with Crippen molar-refractivity contribution in [3.8, 4) is 0 Å². The van der Waals surface area contributed by atoms with Crippen molar-refractivity contribution in [2.45, 2.75) is 44.4 Å². The molecular weight excluding hydrogens is 385 g/mol. The summed E-state index contributed by atoms with van der Waals surface area (Å²) in [6.45, 7) is 7.11. The summed E-state index contributed by atoms with van der Waals surface area (Å²) < 4.78 is 39.8. The highest BCUT2D eigenvalue weighted by Gasteiger charge is 2.29. The van der Waals surface area contributed by atoms with Gasteiger partial charge >= 0.3 is 0 Å². The molecule has 1 aromatic carbocycles. The molecule has 0 unspecified atom stereocenters. The highest BCUT2D eigenvalue weighted by atomic mass is 32.2. The third-order valence-corrected chi connectivity index (χ3v) is 7.38. The van der Waals surface area contributed by atoms with Crippen LogP contribution in [-0.4, -0.2) is 55.5 Å². The Hall–Kier alpha value is -1.25. The molecule has 1 aromatic rings. The van der Waals surface area contributed by atoms with E-state index in [1.807, 2.05) is 4.90 Å². The van der Waals surface area contributed by atoms with Gasteiger partial charge in [-0.3, -0.25) is 0 Å². The number of halogens is 1. The van der Waals surface area contributed by atoms with Crippen LogP contribution in [0.25, 0.3) is 0 Å². The number of unbranched alkanes of at least 4 members (excludes halogenated alkanes) is 1. The Morgan fingerprint density at radius 2 is 1.81 bits per heavy atom. The van der Waals surface area contributed by atoms with E-state index < -0.39 is 15.8 Å². The molecule has 0 spiro atoms. The number of sulfonamides is 1. The second-order valence-electron chi connectivity index (χ2n) is 6.95. The molecule has 8 heteroatoms. The minimum Gasteiger partial charge on any atom is -0.362 e. The summed E-state index contributed by atoms with van der Waals surface area (Å²) in [5.74, 6) is 0.169. The van der Waals surface area contributed by atoms with Crippen molar-refractivity contribution in [2.24, 2.45) is 5.92 Å². The van der Waals surface area contributed by atoms with E-state index in [4.69, 9.17) is 12.2 Å². The van der Waals surface area contributed by atoms with Crippen LogP contribution in [0.1, 0.15) is 39.5 Å². The topological polar surface area (TPSA) is 52.6 Å². The number of hydrogen-bond acceptors (Lipinski definition) is 3. The molecule has 27 heavy (non-hydrogen) atoms. The molecule has 0 aliphatic carbocycles. The van der Waals surface area contributed by atoms with Gasteiger partial charge in [0.15, 0.2) is 5.11 Å². The van der Waals surface area contributed by atoms with Gasteiger partial charge in [0, 0.05) is 32.7 Å². The standard InChI is InChI=1S/C19H30FN3O2S2/c1-3-5-6-16(4-2)15-21-19(26)22-11-13-23(14-12-22)27(24,25)18-9-7-17(20)8-10-18/h7-10,16H,3-6,11-15H2,1-2H3,(H,21,26)/t16-/m1/s1. The van der Waals surface area contributed by atoms with Gasteiger partial charge < -0.3 is 10.2 Å². The normalized spacial score (nSPS) is 16.9. The highest BCUT2D eigenvalue weighted by Crippen LogP contribution is 2.18. The van der Waals surface area contributed by atoms with Gasteiger partial charge in [-0.1, -0.05) is 33.1 Å². The van der Waals surface area contributed by atoms with Crippen LogP contribution in [0.3, 0.4) is 0 Å². The molecule has 0 saturated carbocycles. The minimum absolute atomic E-state index is 0.125. The van der Waals surface area contributed by atoms with E-state index in [-0.39, 0.29) is 4.90 Å². The van der Waals surface area contributed by atoms with Crippen LogP contribution in [0.5, 0.6) is 0 Å². The molecule has 0 amide bonds. The van der Waals surface area contributed by atoms with Gasteiger partial charge in [0.25, 0.3) is 0 Å². The summed E-state index contributed by atoms with van der Waals surface area (Å²) in [4.78, 5) is 2.15. The van der Waals surface area contributed by atoms with Crippen molar-refractivity contribution in [3.63, 3.8) is 0 Å². The van der Waals surface area contributed by atoms with Crippen LogP contribution in [0.15, 0.2) is 29.2 Å². The minimum atomic E-state index is -3.59. The molecule has 2 rings (SSSR count). The lowest BCUT2D eigenvalue weighted by Gasteiger charge is -2.35. The molecule has 0 aromatic heterocycles. The maximum absolute atomic E-state index is 13.0. The van der Waals surface area contributed by atoms with E-state index in [9.17, 15) is 12.8 Å². The third kappa shape index (κ3) is 6.12. The van der Waals surface area contributed by atoms with Crippen molar-refractivity contribution < 1.29 is 12.8 Å². The molecule has 1 heterocycles. The van der Waals surface area contributed by atoms with Crippen molar-refractivity contribution in [2.75, 3.05) is 32.7 Å². The first-order chi connectivity index (χ1) is 12.9. The van der Waals surface area contributed by atoms with Gasteiger partial charge in [0.1, 0.15) is 5.82 Å².